The third-order valence-corrected chi connectivity index (χ3v) is 5.11. The highest BCUT2D eigenvalue weighted by molar-refractivity contribution is 7.17. The first-order chi connectivity index (χ1) is 12.3. The van der Waals surface area contributed by atoms with Gasteiger partial charge in [-0.3, -0.25) is 14.3 Å². The van der Waals surface area contributed by atoms with Gasteiger partial charge in [0.05, 0.1) is 12.2 Å². The van der Waals surface area contributed by atoms with Gasteiger partial charge >= 0.3 is 0 Å². The van der Waals surface area contributed by atoms with E-state index >= 15 is 0 Å². The van der Waals surface area contributed by atoms with Gasteiger partial charge in [0.25, 0.3) is 5.91 Å². The molecule has 1 saturated heterocycles. The number of carbonyl (C=O) groups excluding carboxylic acids is 1. The lowest BCUT2D eigenvalue weighted by Crippen LogP contribution is -2.25. The molecule has 0 bridgehead atoms. The average molecular weight is 354 g/mol. The molecule has 25 heavy (non-hydrogen) atoms. The molecule has 3 aromatic heterocycles. The minimum atomic E-state index is -0.159. The molecule has 0 radical (unpaired) electrons. The fraction of sp³-hybridized carbons (Fsp3) is 0.294. The van der Waals surface area contributed by atoms with Crippen LogP contribution in [0.4, 0.5) is 5.13 Å². The maximum atomic E-state index is 12.5. The first-order valence-electron chi connectivity index (χ1n) is 8.25. The summed E-state index contributed by atoms with van der Waals surface area (Å²) in [5.41, 5.74) is 1.36. The van der Waals surface area contributed by atoms with E-state index < -0.39 is 0 Å². The van der Waals surface area contributed by atoms with E-state index in [4.69, 9.17) is 0 Å². The number of anilines is 1. The fourth-order valence-electron chi connectivity index (χ4n) is 2.84. The lowest BCUT2D eigenvalue weighted by atomic mass is 10.3. The predicted octanol–water partition coefficient (Wildman–Crippen LogP) is 2.25. The molecule has 0 aliphatic carbocycles. The van der Waals surface area contributed by atoms with Crippen molar-refractivity contribution in [3.05, 3.63) is 54.1 Å². The largest absolute Gasteiger partial charge is 0.347 e. The van der Waals surface area contributed by atoms with E-state index in [1.54, 1.807) is 16.8 Å². The van der Waals surface area contributed by atoms with Crippen LogP contribution >= 0.6 is 11.3 Å². The van der Waals surface area contributed by atoms with Gasteiger partial charge in [-0.05, 0) is 37.1 Å². The Hall–Kier alpha value is -2.74. The van der Waals surface area contributed by atoms with Gasteiger partial charge in [0.2, 0.25) is 10.3 Å². The van der Waals surface area contributed by atoms with Crippen LogP contribution in [-0.4, -0.2) is 38.7 Å². The summed E-state index contributed by atoms with van der Waals surface area (Å²) in [6.45, 7) is 2.44. The number of amides is 1. The Balaban J connectivity index is 1.49. The van der Waals surface area contributed by atoms with Crippen LogP contribution < -0.4 is 10.2 Å². The molecular formula is C17H18N6OS. The molecule has 1 fully saturated rings. The summed E-state index contributed by atoms with van der Waals surface area (Å²) in [5.74, 6) is -0.159. The molecule has 4 rings (SSSR count). The predicted molar refractivity (Wildman–Crippen MR) is 96.1 cm³/mol. The van der Waals surface area contributed by atoms with Crippen molar-refractivity contribution in [2.75, 3.05) is 18.0 Å². The average Bonchev–Trinajstić information content (AvgIpc) is 3.40. The van der Waals surface area contributed by atoms with E-state index in [0.29, 0.717) is 17.4 Å². The fourth-order valence-corrected chi connectivity index (χ4v) is 3.73. The van der Waals surface area contributed by atoms with Crippen LogP contribution in [0.25, 0.3) is 5.13 Å². The molecule has 3 aromatic rings. The molecular weight excluding hydrogens is 336 g/mol. The minimum absolute atomic E-state index is 0.159. The number of pyridine rings is 1. The van der Waals surface area contributed by atoms with Crippen molar-refractivity contribution in [1.82, 2.24) is 25.1 Å². The second kappa shape index (κ2) is 7.02. The van der Waals surface area contributed by atoms with Crippen LogP contribution in [0.1, 0.15) is 29.0 Å². The molecule has 0 atom stereocenters. The van der Waals surface area contributed by atoms with E-state index in [-0.39, 0.29) is 5.91 Å². The maximum Gasteiger partial charge on any atom is 0.268 e. The number of nitrogens with one attached hydrogen (secondary N) is 1. The van der Waals surface area contributed by atoms with Crippen LogP contribution in [0.2, 0.25) is 0 Å². The molecule has 1 N–H and O–H groups in total. The Kier molecular flexibility index (Phi) is 4.43. The molecule has 0 spiro atoms. The molecule has 0 saturated carbocycles. The Labute approximate surface area is 149 Å². The van der Waals surface area contributed by atoms with Crippen LogP contribution in [0.15, 0.2) is 42.7 Å². The highest BCUT2D eigenvalue weighted by Gasteiger charge is 2.19. The summed E-state index contributed by atoms with van der Waals surface area (Å²) in [6.07, 6.45) is 5.94. The zero-order valence-electron chi connectivity index (χ0n) is 13.6. The summed E-state index contributed by atoms with van der Waals surface area (Å²) < 4.78 is 1.78. The molecule has 1 aliphatic heterocycles. The normalized spacial score (nSPS) is 14.0. The Bertz CT molecular complexity index is 853. The highest BCUT2D eigenvalue weighted by Crippen LogP contribution is 2.27. The first kappa shape index (κ1) is 15.8. The topological polar surface area (TPSA) is 75.9 Å². The second-order valence-corrected chi connectivity index (χ2v) is 6.76. The molecule has 7 nitrogen and oxygen atoms in total. The van der Waals surface area contributed by atoms with Gasteiger partial charge in [0.15, 0.2) is 0 Å². The van der Waals surface area contributed by atoms with E-state index in [1.807, 2.05) is 30.5 Å². The molecule has 1 amide bonds. The number of aromatic nitrogens is 4. The summed E-state index contributed by atoms with van der Waals surface area (Å²) >= 11 is 1.51. The van der Waals surface area contributed by atoms with Crippen molar-refractivity contribution in [3.8, 4) is 5.13 Å². The lowest BCUT2D eigenvalue weighted by molar-refractivity contribution is 0.0943. The van der Waals surface area contributed by atoms with Crippen molar-refractivity contribution in [2.24, 2.45) is 0 Å². The van der Waals surface area contributed by atoms with Gasteiger partial charge in [-0.25, -0.2) is 0 Å². The van der Waals surface area contributed by atoms with E-state index in [2.05, 4.69) is 25.4 Å². The monoisotopic (exact) mass is 354 g/mol. The van der Waals surface area contributed by atoms with Gasteiger partial charge in [-0.2, -0.15) is 0 Å². The standard InChI is InChI=1S/C17H18N6OS/c24-15(19-12-13-6-1-2-8-18-13)14-7-5-11-23(14)17-21-20-16(25-17)22-9-3-4-10-22/h1-2,5-8,11H,3-4,9-10,12H2,(H,19,24). The number of carbonyl (C=O) groups is 1. The Morgan fingerprint density at radius 2 is 1.96 bits per heavy atom. The van der Waals surface area contributed by atoms with Gasteiger partial charge in [-0.1, -0.05) is 17.4 Å². The minimum Gasteiger partial charge on any atom is -0.347 e. The zero-order chi connectivity index (χ0) is 17.1. The zero-order valence-corrected chi connectivity index (χ0v) is 14.4. The van der Waals surface area contributed by atoms with Crippen molar-refractivity contribution in [2.45, 2.75) is 19.4 Å². The third-order valence-electron chi connectivity index (χ3n) is 4.12. The molecule has 0 aromatic carbocycles. The SMILES string of the molecule is O=C(NCc1ccccn1)c1cccn1-c1nnc(N2CCCC2)s1. The van der Waals surface area contributed by atoms with Gasteiger partial charge < -0.3 is 10.2 Å². The lowest BCUT2D eigenvalue weighted by Gasteiger charge is -2.11. The summed E-state index contributed by atoms with van der Waals surface area (Å²) in [7, 11) is 0. The number of nitrogens with zero attached hydrogens (tertiary/aromatic N) is 5. The number of hydrogen-bond donors (Lipinski definition) is 1. The Morgan fingerprint density at radius 3 is 2.76 bits per heavy atom. The van der Waals surface area contributed by atoms with E-state index in [9.17, 15) is 4.79 Å². The Morgan fingerprint density at radius 1 is 1.12 bits per heavy atom. The molecule has 0 unspecified atom stereocenters. The van der Waals surface area contributed by atoms with E-state index in [1.165, 1.54) is 24.2 Å². The quantitative estimate of drug-likeness (QED) is 0.760. The highest BCUT2D eigenvalue weighted by atomic mass is 32.1. The molecule has 128 valence electrons. The van der Waals surface area contributed by atoms with Crippen LogP contribution in [-0.2, 0) is 6.54 Å². The summed E-state index contributed by atoms with van der Waals surface area (Å²) in [5, 5.41) is 13.1. The number of hydrogen-bond acceptors (Lipinski definition) is 6. The van der Waals surface area contributed by atoms with Crippen molar-refractivity contribution in [3.63, 3.8) is 0 Å². The maximum absolute atomic E-state index is 12.5. The van der Waals surface area contributed by atoms with Gasteiger partial charge in [0.1, 0.15) is 5.69 Å². The van der Waals surface area contributed by atoms with Crippen LogP contribution in [0, 0.1) is 0 Å². The van der Waals surface area contributed by atoms with Crippen LogP contribution in [0.3, 0.4) is 0 Å². The third kappa shape index (κ3) is 3.39. The van der Waals surface area contributed by atoms with E-state index in [0.717, 1.165) is 23.9 Å². The van der Waals surface area contributed by atoms with Crippen molar-refractivity contribution >= 4 is 22.4 Å². The van der Waals surface area contributed by atoms with Gasteiger partial charge in [-0.15, -0.1) is 10.2 Å². The first-order valence-corrected chi connectivity index (χ1v) is 9.07. The molecule has 4 heterocycles. The van der Waals surface area contributed by atoms with Crippen molar-refractivity contribution < 1.29 is 4.79 Å². The second-order valence-electron chi connectivity index (χ2n) is 5.83. The summed E-state index contributed by atoms with van der Waals surface area (Å²) in [4.78, 5) is 19.0. The van der Waals surface area contributed by atoms with Crippen LogP contribution in [0.5, 0.6) is 0 Å². The number of rotatable bonds is 5. The molecule has 8 heteroatoms. The van der Waals surface area contributed by atoms with Crippen molar-refractivity contribution in [1.29, 1.82) is 0 Å². The summed E-state index contributed by atoms with van der Waals surface area (Å²) in [6, 6.07) is 9.26. The smallest absolute Gasteiger partial charge is 0.268 e. The van der Waals surface area contributed by atoms with Gasteiger partial charge in [0, 0.05) is 25.5 Å². The molecule has 1 aliphatic rings.